The summed E-state index contributed by atoms with van der Waals surface area (Å²) in [6, 6.07) is 9.99. The average molecular weight is 337 g/mol. The second-order valence-electron chi connectivity index (χ2n) is 5.29. The van der Waals surface area contributed by atoms with Gasteiger partial charge in [-0.15, -0.1) is 0 Å². The highest BCUT2D eigenvalue weighted by Crippen LogP contribution is 2.16. The van der Waals surface area contributed by atoms with Crippen LogP contribution in [0, 0.1) is 24.0 Å². The van der Waals surface area contributed by atoms with Gasteiger partial charge in [0.15, 0.2) is 11.6 Å². The fourth-order valence-electron chi connectivity index (χ4n) is 2.32. The van der Waals surface area contributed by atoms with E-state index in [1.54, 1.807) is 28.9 Å². The zero-order chi connectivity index (χ0) is 17.8. The van der Waals surface area contributed by atoms with E-state index < -0.39 is 4.92 Å². The maximum atomic E-state index is 11.0. The van der Waals surface area contributed by atoms with Crippen LogP contribution in [-0.2, 0) is 0 Å². The minimum atomic E-state index is -0.451. The Labute approximate surface area is 143 Å². The predicted molar refractivity (Wildman–Crippen MR) is 92.9 cm³/mol. The van der Waals surface area contributed by atoms with Gasteiger partial charge in [-0.25, -0.2) is 14.6 Å². The third-order valence-corrected chi connectivity index (χ3v) is 3.40. The van der Waals surface area contributed by atoms with Crippen molar-refractivity contribution in [2.75, 3.05) is 5.43 Å². The van der Waals surface area contributed by atoms with Gasteiger partial charge in [0.25, 0.3) is 5.69 Å². The van der Waals surface area contributed by atoms with Gasteiger partial charge in [-0.1, -0.05) is 12.1 Å². The van der Waals surface area contributed by atoms with E-state index in [1.807, 2.05) is 19.9 Å². The van der Waals surface area contributed by atoms with Gasteiger partial charge in [-0.2, -0.15) is 10.2 Å². The lowest BCUT2D eigenvalue weighted by molar-refractivity contribution is -0.385. The Hall–Kier alpha value is -3.62. The molecule has 0 aliphatic heterocycles. The summed E-state index contributed by atoms with van der Waals surface area (Å²) in [6.45, 7) is 3.84. The zero-order valence-electron chi connectivity index (χ0n) is 13.6. The molecule has 0 saturated carbocycles. The van der Waals surface area contributed by atoms with Crippen molar-refractivity contribution in [3.63, 3.8) is 0 Å². The van der Waals surface area contributed by atoms with E-state index in [-0.39, 0.29) is 5.69 Å². The van der Waals surface area contributed by atoms with Gasteiger partial charge >= 0.3 is 0 Å². The van der Waals surface area contributed by atoms with Gasteiger partial charge in [0.2, 0.25) is 0 Å². The number of para-hydroxylation sites is 1. The van der Waals surface area contributed by atoms with Gasteiger partial charge in [0.05, 0.1) is 22.4 Å². The molecule has 0 amide bonds. The van der Waals surface area contributed by atoms with Crippen molar-refractivity contribution in [1.29, 1.82) is 0 Å². The fraction of sp³-hybridized carbons (Fsp3) is 0.125. The second-order valence-corrected chi connectivity index (χ2v) is 5.29. The summed E-state index contributed by atoms with van der Waals surface area (Å²) in [4.78, 5) is 18.8. The Morgan fingerprint density at radius 3 is 2.76 bits per heavy atom. The van der Waals surface area contributed by atoms with Crippen molar-refractivity contribution in [3.05, 3.63) is 69.8 Å². The molecule has 0 aliphatic carbocycles. The van der Waals surface area contributed by atoms with Crippen LogP contribution < -0.4 is 5.43 Å². The Morgan fingerprint density at radius 1 is 1.24 bits per heavy atom. The first-order valence-electron chi connectivity index (χ1n) is 7.43. The van der Waals surface area contributed by atoms with E-state index in [9.17, 15) is 10.1 Å². The SMILES string of the molecule is Cc1cc(C)n(-c2cc(NN=Cc3ccccc3[N+](=O)[O-])ncn2)n1. The van der Waals surface area contributed by atoms with E-state index >= 15 is 0 Å². The lowest BCUT2D eigenvalue weighted by Gasteiger charge is -2.05. The molecule has 0 fully saturated rings. The molecule has 0 radical (unpaired) electrons. The Morgan fingerprint density at radius 2 is 2.04 bits per heavy atom. The van der Waals surface area contributed by atoms with Gasteiger partial charge in [0, 0.05) is 17.8 Å². The number of hydrazone groups is 1. The first-order valence-corrected chi connectivity index (χ1v) is 7.43. The summed E-state index contributed by atoms with van der Waals surface area (Å²) in [5.41, 5.74) is 4.97. The number of anilines is 1. The van der Waals surface area contributed by atoms with E-state index in [0.29, 0.717) is 17.2 Å². The molecule has 2 aromatic heterocycles. The number of nitrogens with one attached hydrogen (secondary N) is 1. The van der Waals surface area contributed by atoms with Crippen molar-refractivity contribution in [2.45, 2.75) is 13.8 Å². The number of hydrogen-bond acceptors (Lipinski definition) is 7. The van der Waals surface area contributed by atoms with E-state index in [1.165, 1.54) is 18.6 Å². The molecule has 0 saturated heterocycles. The first kappa shape index (κ1) is 16.2. The Balaban J connectivity index is 1.80. The van der Waals surface area contributed by atoms with Crippen LogP contribution in [0.15, 0.2) is 47.8 Å². The molecule has 3 aromatic rings. The van der Waals surface area contributed by atoms with Crippen molar-refractivity contribution < 1.29 is 4.92 Å². The van der Waals surface area contributed by atoms with Crippen LogP contribution in [0.3, 0.4) is 0 Å². The topological polar surface area (TPSA) is 111 Å². The molecule has 3 rings (SSSR count). The monoisotopic (exact) mass is 337 g/mol. The number of hydrogen-bond donors (Lipinski definition) is 1. The van der Waals surface area contributed by atoms with Crippen LogP contribution in [0.2, 0.25) is 0 Å². The molecule has 1 N–H and O–H groups in total. The van der Waals surface area contributed by atoms with Crippen LogP contribution in [0.1, 0.15) is 17.0 Å². The van der Waals surface area contributed by atoms with E-state index in [4.69, 9.17) is 0 Å². The van der Waals surface area contributed by atoms with Crippen LogP contribution in [-0.4, -0.2) is 30.9 Å². The molecule has 1 aromatic carbocycles. The molecule has 0 spiro atoms. The first-order chi connectivity index (χ1) is 12.0. The molecule has 25 heavy (non-hydrogen) atoms. The molecule has 0 atom stereocenters. The Bertz CT molecular complexity index is 949. The van der Waals surface area contributed by atoms with Gasteiger partial charge < -0.3 is 0 Å². The van der Waals surface area contributed by atoms with Crippen LogP contribution in [0.25, 0.3) is 5.82 Å². The lowest BCUT2D eigenvalue weighted by Crippen LogP contribution is -2.04. The highest BCUT2D eigenvalue weighted by molar-refractivity contribution is 5.85. The number of aryl methyl sites for hydroxylation is 2. The molecule has 0 unspecified atom stereocenters. The minimum Gasteiger partial charge on any atom is -0.261 e. The van der Waals surface area contributed by atoms with Crippen molar-refractivity contribution in [3.8, 4) is 5.82 Å². The Kier molecular flexibility index (Phi) is 4.46. The number of benzene rings is 1. The third kappa shape index (κ3) is 3.66. The predicted octanol–water partition coefficient (Wildman–Crippen LogP) is 2.63. The van der Waals surface area contributed by atoms with Crippen LogP contribution >= 0.6 is 0 Å². The number of nitrogens with zero attached hydrogens (tertiary/aromatic N) is 6. The normalized spacial score (nSPS) is 11.0. The van der Waals surface area contributed by atoms with Gasteiger partial charge in [-0.3, -0.25) is 15.5 Å². The highest BCUT2D eigenvalue weighted by atomic mass is 16.6. The molecule has 0 aliphatic rings. The molecule has 9 heteroatoms. The van der Waals surface area contributed by atoms with Gasteiger partial charge in [0.1, 0.15) is 6.33 Å². The fourth-order valence-corrected chi connectivity index (χ4v) is 2.32. The summed E-state index contributed by atoms with van der Waals surface area (Å²) in [7, 11) is 0. The third-order valence-electron chi connectivity index (χ3n) is 3.40. The second kappa shape index (κ2) is 6.87. The molecular weight excluding hydrogens is 322 g/mol. The van der Waals surface area contributed by atoms with Crippen molar-refractivity contribution >= 4 is 17.7 Å². The smallest absolute Gasteiger partial charge is 0.261 e. The minimum absolute atomic E-state index is 0.0148. The summed E-state index contributed by atoms with van der Waals surface area (Å²) in [6.07, 6.45) is 2.78. The largest absolute Gasteiger partial charge is 0.278 e. The summed E-state index contributed by atoms with van der Waals surface area (Å²) in [5.74, 6) is 1.05. The van der Waals surface area contributed by atoms with Crippen LogP contribution in [0.5, 0.6) is 0 Å². The van der Waals surface area contributed by atoms with E-state index in [2.05, 4.69) is 25.6 Å². The average Bonchev–Trinajstić information content (AvgIpc) is 2.94. The zero-order valence-corrected chi connectivity index (χ0v) is 13.6. The summed E-state index contributed by atoms with van der Waals surface area (Å²) < 4.78 is 1.70. The number of rotatable bonds is 5. The highest BCUT2D eigenvalue weighted by Gasteiger charge is 2.10. The summed E-state index contributed by atoms with van der Waals surface area (Å²) >= 11 is 0. The summed E-state index contributed by atoms with van der Waals surface area (Å²) in [5, 5.41) is 19.4. The molecule has 9 nitrogen and oxygen atoms in total. The van der Waals surface area contributed by atoms with Crippen molar-refractivity contribution in [2.24, 2.45) is 5.10 Å². The molecule has 126 valence electrons. The number of nitro groups is 1. The molecule has 0 bridgehead atoms. The standard InChI is InChI=1S/C16H15N7O2/c1-11-7-12(2)22(21-11)16-8-15(17-10-18-16)20-19-9-13-5-3-4-6-14(13)23(24)25/h3-10H,1-2H3,(H,17,18,20). The lowest BCUT2D eigenvalue weighted by atomic mass is 10.2. The van der Waals surface area contributed by atoms with E-state index in [0.717, 1.165) is 11.4 Å². The molecular formula is C16H15N7O2. The van der Waals surface area contributed by atoms with Crippen molar-refractivity contribution in [1.82, 2.24) is 19.7 Å². The van der Waals surface area contributed by atoms with Gasteiger partial charge in [-0.05, 0) is 26.0 Å². The number of aromatic nitrogens is 4. The van der Waals surface area contributed by atoms with Crippen LogP contribution in [0.4, 0.5) is 11.5 Å². The maximum Gasteiger partial charge on any atom is 0.278 e. The molecule has 2 heterocycles. The maximum absolute atomic E-state index is 11.0. The number of nitro benzene ring substituents is 1. The quantitative estimate of drug-likeness (QED) is 0.435.